The number of carboxylic acids is 1. The lowest BCUT2D eigenvalue weighted by Gasteiger charge is -2.20. The molecule has 3 rings (SSSR count). The van der Waals surface area contributed by atoms with Crippen LogP contribution in [-0.4, -0.2) is 36.4 Å². The molecule has 8 heteroatoms. The summed E-state index contributed by atoms with van der Waals surface area (Å²) in [4.78, 5) is 11.4. The van der Waals surface area contributed by atoms with Gasteiger partial charge >= 0.3 is 5.97 Å². The Morgan fingerprint density at radius 2 is 2.19 bits per heavy atom. The van der Waals surface area contributed by atoms with Crippen molar-refractivity contribution in [1.29, 1.82) is 0 Å². The van der Waals surface area contributed by atoms with Crippen LogP contribution in [-0.2, 0) is 14.8 Å². The highest BCUT2D eigenvalue weighted by molar-refractivity contribution is 7.89. The molecular weight excluding hydrogens is 334 g/mol. The van der Waals surface area contributed by atoms with Gasteiger partial charge in [0, 0.05) is 27.0 Å². The third-order valence-corrected chi connectivity index (χ3v) is 6.87. The van der Waals surface area contributed by atoms with Crippen molar-refractivity contribution in [2.24, 2.45) is 0 Å². The fourth-order valence-electron chi connectivity index (χ4n) is 2.58. The first kappa shape index (κ1) is 14.8. The molecule has 0 saturated carbocycles. The molecule has 112 valence electrons. The second-order valence-electron chi connectivity index (χ2n) is 4.85. The van der Waals surface area contributed by atoms with E-state index in [1.165, 1.54) is 11.3 Å². The summed E-state index contributed by atoms with van der Waals surface area (Å²) < 4.78 is 27.4. The topological polar surface area (TPSA) is 74.7 Å². The van der Waals surface area contributed by atoms with Crippen LogP contribution in [0.15, 0.2) is 28.5 Å². The second kappa shape index (κ2) is 5.24. The van der Waals surface area contributed by atoms with E-state index in [0.717, 1.165) is 9.01 Å². The van der Waals surface area contributed by atoms with E-state index < -0.39 is 22.0 Å². The highest BCUT2D eigenvalue weighted by Gasteiger charge is 2.40. The Labute approximate surface area is 130 Å². The third-order valence-electron chi connectivity index (χ3n) is 3.58. The molecule has 1 aliphatic rings. The summed E-state index contributed by atoms with van der Waals surface area (Å²) >= 11 is 7.24. The Hall–Kier alpha value is -1.15. The monoisotopic (exact) mass is 345 g/mol. The fraction of sp³-hybridized carbons (Fsp3) is 0.308. The molecule has 1 aromatic carbocycles. The van der Waals surface area contributed by atoms with Crippen LogP contribution < -0.4 is 0 Å². The zero-order chi connectivity index (χ0) is 15.2. The number of sulfonamides is 1. The first-order valence-corrected chi connectivity index (χ1v) is 9.02. The first-order valence-electron chi connectivity index (χ1n) is 6.32. The molecule has 0 amide bonds. The van der Waals surface area contributed by atoms with Crippen LogP contribution >= 0.6 is 22.9 Å². The van der Waals surface area contributed by atoms with Gasteiger partial charge in [-0.3, -0.25) is 4.79 Å². The molecule has 0 aliphatic carbocycles. The summed E-state index contributed by atoms with van der Waals surface area (Å²) in [5, 5.41) is 11.7. The fourth-order valence-corrected chi connectivity index (χ4v) is 5.85. The van der Waals surface area contributed by atoms with Crippen LogP contribution in [0.2, 0.25) is 5.02 Å². The van der Waals surface area contributed by atoms with Crippen LogP contribution in [0.25, 0.3) is 10.1 Å². The standard InChI is InChI=1S/C13H12ClNO4S2/c14-8-3-4-11-9(6-8)12(7-20-11)21(18,19)15-5-1-2-10(15)13(16)17/h3-4,6-7,10H,1-2,5H2,(H,16,17)/t10-/m1/s1. The quantitative estimate of drug-likeness (QED) is 0.928. The van der Waals surface area contributed by atoms with E-state index in [-0.39, 0.29) is 11.4 Å². The molecular formula is C13H12ClNO4S2. The van der Waals surface area contributed by atoms with Gasteiger partial charge < -0.3 is 5.11 Å². The zero-order valence-corrected chi connectivity index (χ0v) is 13.2. The normalized spacial score (nSPS) is 20.1. The number of halogens is 1. The van der Waals surface area contributed by atoms with Gasteiger partial charge in [-0.15, -0.1) is 11.3 Å². The summed E-state index contributed by atoms with van der Waals surface area (Å²) in [5.41, 5.74) is 0. The molecule has 1 N–H and O–H groups in total. The van der Waals surface area contributed by atoms with Gasteiger partial charge in [0.05, 0.1) is 0 Å². The largest absolute Gasteiger partial charge is 0.480 e. The van der Waals surface area contributed by atoms with E-state index >= 15 is 0 Å². The summed E-state index contributed by atoms with van der Waals surface area (Å²) in [6.45, 7) is 0.233. The van der Waals surface area contributed by atoms with Crippen molar-refractivity contribution >= 4 is 49.0 Å². The van der Waals surface area contributed by atoms with Gasteiger partial charge in [-0.1, -0.05) is 11.6 Å². The van der Waals surface area contributed by atoms with E-state index in [1.54, 1.807) is 23.6 Å². The number of hydrogen-bond donors (Lipinski definition) is 1. The van der Waals surface area contributed by atoms with Gasteiger partial charge in [0.15, 0.2) is 0 Å². The van der Waals surface area contributed by atoms with Crippen molar-refractivity contribution < 1.29 is 18.3 Å². The van der Waals surface area contributed by atoms with E-state index in [2.05, 4.69) is 0 Å². The van der Waals surface area contributed by atoms with Crippen LogP contribution in [0, 0.1) is 0 Å². The number of carboxylic acid groups (broad SMARTS) is 1. The van der Waals surface area contributed by atoms with Gasteiger partial charge in [-0.05, 0) is 31.0 Å². The number of benzene rings is 1. The highest BCUT2D eigenvalue weighted by Crippen LogP contribution is 2.35. The maximum atomic E-state index is 12.8. The summed E-state index contributed by atoms with van der Waals surface area (Å²) in [6, 6.07) is 4.09. The number of fused-ring (bicyclic) bond motifs is 1. The van der Waals surface area contributed by atoms with Crippen molar-refractivity contribution in [2.75, 3.05) is 6.54 Å². The highest BCUT2D eigenvalue weighted by atomic mass is 35.5. The average molecular weight is 346 g/mol. The number of hydrogen-bond acceptors (Lipinski definition) is 4. The van der Waals surface area contributed by atoms with Crippen LogP contribution in [0.5, 0.6) is 0 Å². The Balaban J connectivity index is 2.12. The zero-order valence-electron chi connectivity index (χ0n) is 10.8. The molecule has 5 nitrogen and oxygen atoms in total. The summed E-state index contributed by atoms with van der Waals surface area (Å²) in [5.74, 6) is -1.10. The lowest BCUT2D eigenvalue weighted by atomic mass is 10.2. The maximum absolute atomic E-state index is 12.8. The van der Waals surface area contributed by atoms with Crippen molar-refractivity contribution in [3.63, 3.8) is 0 Å². The maximum Gasteiger partial charge on any atom is 0.322 e. The molecule has 0 radical (unpaired) electrons. The number of thiophene rings is 1. The minimum absolute atomic E-state index is 0.137. The first-order chi connectivity index (χ1) is 9.91. The van der Waals surface area contributed by atoms with Gasteiger partial charge in [0.2, 0.25) is 10.0 Å². The van der Waals surface area contributed by atoms with Crippen molar-refractivity contribution in [1.82, 2.24) is 4.31 Å². The number of carbonyl (C=O) groups is 1. The van der Waals surface area contributed by atoms with Crippen LogP contribution in [0.1, 0.15) is 12.8 Å². The Bertz CT molecular complexity index is 815. The van der Waals surface area contributed by atoms with Crippen molar-refractivity contribution in [3.05, 3.63) is 28.6 Å². The summed E-state index contributed by atoms with van der Waals surface area (Å²) in [6.07, 6.45) is 0.899. The molecule has 21 heavy (non-hydrogen) atoms. The lowest BCUT2D eigenvalue weighted by molar-refractivity contribution is -0.140. The molecule has 2 heterocycles. The minimum Gasteiger partial charge on any atom is -0.480 e. The third kappa shape index (κ3) is 2.44. The molecule has 0 bridgehead atoms. The molecule has 0 unspecified atom stereocenters. The Kier molecular flexibility index (Phi) is 3.69. The lowest BCUT2D eigenvalue weighted by Crippen LogP contribution is -2.40. The summed E-state index contributed by atoms with van der Waals surface area (Å²) in [7, 11) is -3.83. The van der Waals surface area contributed by atoms with Crippen LogP contribution in [0.4, 0.5) is 0 Å². The molecule has 1 aromatic heterocycles. The predicted octanol–water partition coefficient (Wildman–Crippen LogP) is 2.79. The smallest absolute Gasteiger partial charge is 0.322 e. The number of rotatable bonds is 3. The Morgan fingerprint density at radius 3 is 2.90 bits per heavy atom. The number of aliphatic carboxylic acids is 1. The predicted molar refractivity (Wildman–Crippen MR) is 81.4 cm³/mol. The van der Waals surface area contributed by atoms with E-state index in [4.69, 9.17) is 11.6 Å². The SMILES string of the molecule is O=C(O)[C@H]1CCCN1S(=O)(=O)c1csc2ccc(Cl)cc12. The van der Waals surface area contributed by atoms with Gasteiger partial charge in [-0.2, -0.15) is 4.31 Å². The molecule has 1 saturated heterocycles. The van der Waals surface area contributed by atoms with Crippen molar-refractivity contribution in [2.45, 2.75) is 23.8 Å². The van der Waals surface area contributed by atoms with E-state index in [9.17, 15) is 18.3 Å². The molecule has 0 spiro atoms. The van der Waals surface area contributed by atoms with Crippen LogP contribution in [0.3, 0.4) is 0 Å². The average Bonchev–Trinajstić information content (AvgIpc) is 3.05. The second-order valence-corrected chi connectivity index (χ2v) is 8.06. The van der Waals surface area contributed by atoms with E-state index in [0.29, 0.717) is 23.3 Å². The Morgan fingerprint density at radius 1 is 1.43 bits per heavy atom. The molecule has 1 atom stereocenters. The van der Waals surface area contributed by atoms with Crippen molar-refractivity contribution in [3.8, 4) is 0 Å². The van der Waals surface area contributed by atoms with Gasteiger partial charge in [-0.25, -0.2) is 8.42 Å². The number of nitrogens with zero attached hydrogens (tertiary/aromatic N) is 1. The van der Waals surface area contributed by atoms with Gasteiger partial charge in [0.25, 0.3) is 0 Å². The minimum atomic E-state index is -3.83. The molecule has 1 aliphatic heterocycles. The van der Waals surface area contributed by atoms with Gasteiger partial charge in [0.1, 0.15) is 10.9 Å². The molecule has 2 aromatic rings. The van der Waals surface area contributed by atoms with E-state index in [1.807, 2.05) is 0 Å². The molecule has 1 fully saturated rings.